The second kappa shape index (κ2) is 23.7. The van der Waals surface area contributed by atoms with Crippen molar-refractivity contribution in [3.05, 3.63) is 83.3 Å². The lowest BCUT2D eigenvalue weighted by Crippen LogP contribution is -2.62. The number of hydrazine groups is 1. The Kier molecular flexibility index (Phi) is 17.5. The molecule has 7 heterocycles. The number of methoxy groups -OCH3 is 1. The zero-order chi connectivity index (χ0) is 55.5. The number of cyclic esters (lactones) is 1. The number of aryl methyl sites for hydroxylation is 1. The van der Waals surface area contributed by atoms with Crippen LogP contribution < -0.4 is 10.7 Å². The van der Waals surface area contributed by atoms with Gasteiger partial charge in [-0.25, -0.2) is 19.0 Å². The predicted octanol–water partition coefficient (Wildman–Crippen LogP) is 7.59. The monoisotopic (exact) mass is 1060 g/mol. The quantitative estimate of drug-likeness (QED) is 0.106. The maximum Gasteiger partial charge on any atom is 0.324 e. The summed E-state index contributed by atoms with van der Waals surface area (Å²) in [6, 6.07) is 8.70. The summed E-state index contributed by atoms with van der Waals surface area (Å²) in [4.78, 5) is 87.9. The van der Waals surface area contributed by atoms with Crippen molar-refractivity contribution in [1.29, 1.82) is 0 Å². The summed E-state index contributed by atoms with van der Waals surface area (Å²) in [5.41, 5.74) is 7.41. The molecule has 6 bridgehead atoms. The van der Waals surface area contributed by atoms with Crippen LogP contribution >= 0.6 is 0 Å². The highest BCUT2D eigenvalue weighted by molar-refractivity contribution is 5.96. The molecule has 0 saturated carbocycles. The number of alkyl halides is 2. The topological polar surface area (TPSA) is 175 Å². The van der Waals surface area contributed by atoms with Gasteiger partial charge in [-0.05, 0) is 120 Å². The van der Waals surface area contributed by atoms with Crippen molar-refractivity contribution in [2.24, 2.45) is 16.7 Å². The van der Waals surface area contributed by atoms with Crippen LogP contribution in [0.4, 0.5) is 13.6 Å². The van der Waals surface area contributed by atoms with Crippen molar-refractivity contribution < 1.29 is 42.2 Å². The zero-order valence-electron chi connectivity index (χ0n) is 46.5. The number of hydrogen-bond acceptors (Lipinski definition) is 11. The summed E-state index contributed by atoms with van der Waals surface area (Å²) in [6.07, 6.45) is 5.24. The number of esters is 1. The number of ether oxygens (including phenoxy) is 2. The second-order valence-corrected chi connectivity index (χ2v) is 23.0. The summed E-state index contributed by atoms with van der Waals surface area (Å²) >= 11 is 0. The lowest BCUT2D eigenvalue weighted by Gasteiger charge is -2.42. The first-order valence-electron chi connectivity index (χ1n) is 27.2. The number of likely N-dealkylation sites (N-methyl/N-ethyl adjacent to an activating group) is 2. The van der Waals surface area contributed by atoms with Crippen LogP contribution in [0, 0.1) is 16.7 Å². The van der Waals surface area contributed by atoms with E-state index in [9.17, 15) is 24.0 Å². The highest BCUT2D eigenvalue weighted by Gasteiger charge is 2.44. The number of benzene rings is 1. The van der Waals surface area contributed by atoms with Gasteiger partial charge in [0, 0.05) is 117 Å². The Morgan fingerprint density at radius 1 is 1.00 bits per heavy atom. The van der Waals surface area contributed by atoms with E-state index < -0.39 is 53.7 Å². The largest absolute Gasteiger partial charge is 0.464 e. The number of aromatic nitrogens is 3. The van der Waals surface area contributed by atoms with E-state index in [0.29, 0.717) is 76.9 Å². The van der Waals surface area contributed by atoms with E-state index in [-0.39, 0.29) is 60.0 Å². The molecule has 17 nitrogen and oxygen atoms in total. The van der Waals surface area contributed by atoms with Gasteiger partial charge in [-0.1, -0.05) is 39.8 Å². The van der Waals surface area contributed by atoms with E-state index in [0.717, 1.165) is 39.8 Å². The Labute approximate surface area is 451 Å². The lowest BCUT2D eigenvalue weighted by molar-refractivity contribution is -0.155. The third-order valence-electron chi connectivity index (χ3n) is 16.0. The van der Waals surface area contributed by atoms with Crippen molar-refractivity contribution >= 4 is 40.6 Å². The first-order chi connectivity index (χ1) is 36.6. The summed E-state index contributed by atoms with van der Waals surface area (Å²) in [7, 11) is 7.11. The van der Waals surface area contributed by atoms with Crippen LogP contribution in [-0.4, -0.2) is 161 Å². The van der Waals surface area contributed by atoms with Crippen LogP contribution in [0.3, 0.4) is 0 Å². The summed E-state index contributed by atoms with van der Waals surface area (Å²) in [5, 5.41) is 5.11. The van der Waals surface area contributed by atoms with E-state index in [2.05, 4.69) is 22.2 Å². The smallest absolute Gasteiger partial charge is 0.324 e. The normalized spacial score (nSPS) is 20.8. The number of nitrogens with zero attached hydrogens (tertiary/aromatic N) is 8. The number of halogens is 2. The van der Waals surface area contributed by atoms with E-state index in [4.69, 9.17) is 19.4 Å². The molecule has 4 atom stereocenters. The van der Waals surface area contributed by atoms with Crippen LogP contribution in [-0.2, 0) is 48.0 Å². The number of hydrogen-bond donors (Lipinski definition) is 2. The first-order valence-corrected chi connectivity index (χ1v) is 27.2. The molecule has 4 aliphatic heterocycles. The van der Waals surface area contributed by atoms with Crippen LogP contribution in [0.15, 0.2) is 60.8 Å². The number of rotatable bonds is 12. The molecule has 19 heteroatoms. The lowest BCUT2D eigenvalue weighted by atomic mass is 9.78. The van der Waals surface area contributed by atoms with Gasteiger partial charge in [0.25, 0.3) is 12.3 Å². The molecule has 1 spiro atoms. The Bertz CT molecular complexity index is 2860. The van der Waals surface area contributed by atoms with Crippen molar-refractivity contribution in [3.63, 3.8) is 0 Å². The van der Waals surface area contributed by atoms with Gasteiger partial charge in [0.05, 0.1) is 29.8 Å². The van der Waals surface area contributed by atoms with E-state index in [1.807, 2.05) is 94.9 Å². The predicted molar refractivity (Wildman–Crippen MR) is 290 cm³/mol. The Morgan fingerprint density at radius 3 is 2.40 bits per heavy atom. The summed E-state index contributed by atoms with van der Waals surface area (Å²) < 4.78 is 44.3. The number of carbonyl (C=O) groups is 5. The van der Waals surface area contributed by atoms with Gasteiger partial charge in [0.15, 0.2) is 0 Å². The first kappa shape index (κ1) is 56.9. The van der Waals surface area contributed by atoms with Gasteiger partial charge in [-0.2, -0.15) is 0 Å². The third-order valence-corrected chi connectivity index (χ3v) is 16.0. The Hall–Kier alpha value is -6.31. The minimum Gasteiger partial charge on any atom is -0.464 e. The maximum absolute atomic E-state index is 15.1. The highest BCUT2D eigenvalue weighted by atomic mass is 19.3. The molecule has 3 aromatic heterocycles. The minimum atomic E-state index is -2.90. The van der Waals surface area contributed by atoms with Gasteiger partial charge in [0.2, 0.25) is 11.8 Å². The fourth-order valence-electron chi connectivity index (χ4n) is 11.7. The fourth-order valence-corrected chi connectivity index (χ4v) is 11.7. The van der Waals surface area contributed by atoms with Crippen LogP contribution in [0.2, 0.25) is 0 Å². The molecule has 0 unspecified atom stereocenters. The van der Waals surface area contributed by atoms with E-state index in [1.165, 1.54) is 22.0 Å². The van der Waals surface area contributed by atoms with Crippen molar-refractivity contribution in [2.45, 2.75) is 124 Å². The molecule has 4 aliphatic rings. The van der Waals surface area contributed by atoms with Crippen molar-refractivity contribution in [1.82, 2.24) is 49.9 Å². The summed E-state index contributed by atoms with van der Waals surface area (Å²) in [6.45, 7) is 15.4. The molecule has 3 fully saturated rings. The molecule has 4 aromatic rings. The maximum atomic E-state index is 15.1. The number of urea groups is 1. The molecule has 5 amide bonds. The standard InChI is InChI=1S/C58H78F2N10O7/c1-11-69-47-19-18-38-30-42(47)43(51(69)41-15-12-23-61-49(41)37(4)76-10)33-57(5,6)35-77-55(74)44-16-13-25-70(64-44)54(73)46(32-40-29-39(52(59)60)31-45(38)62-40)63-53(72)50(36(2)3)66(9)56(75)67-26-20-58(21-27-67)22-28-68(34-58)48(71)17-14-24-65(7)8/h12,14-15,17-19,23,29-31,36-37,44,46,50,52,64H,11,13,16,20-22,24-28,32-35H2,1-10H3,(H,63,72)/b17-14+/t37-,44-,46-,50-/m0/s1. The van der Waals surface area contributed by atoms with Gasteiger partial charge in [0.1, 0.15) is 18.1 Å². The second-order valence-electron chi connectivity index (χ2n) is 23.0. The van der Waals surface area contributed by atoms with Gasteiger partial charge in [-0.3, -0.25) is 34.2 Å². The molecule has 1 aromatic carbocycles. The Morgan fingerprint density at radius 2 is 1.73 bits per heavy atom. The molecule has 416 valence electrons. The minimum absolute atomic E-state index is 0.0115. The SMILES string of the molecule is CCn1c(-c2cccnc2[C@H](C)OC)c2c3cc(ccc31)-c1cc(C(F)F)cc(n1)C[C@H](NC(=O)[C@H](C(C)C)N(C)C(=O)N1CCC3(CCN(C(=O)/C=C/CN(C)C)C3)CC1)C(=O)N1CCC[C@H](N1)C(=O)OCC(C)(C)C2. The highest BCUT2D eigenvalue weighted by Crippen LogP contribution is 2.43. The van der Waals surface area contributed by atoms with Gasteiger partial charge >= 0.3 is 12.0 Å². The molecule has 0 aliphatic carbocycles. The molecule has 8 rings (SSSR count). The Balaban J connectivity index is 1.12. The molecule has 77 heavy (non-hydrogen) atoms. The number of fused-ring (bicyclic) bond motifs is 6. The molecule has 0 radical (unpaired) electrons. The van der Waals surface area contributed by atoms with E-state index >= 15 is 8.78 Å². The average Bonchev–Trinajstić information content (AvgIpc) is 4.13. The zero-order valence-corrected chi connectivity index (χ0v) is 46.5. The molecule has 2 N–H and O–H groups in total. The number of piperidine rings is 1. The average molecular weight is 1070 g/mol. The number of amides is 5. The molecule has 3 saturated heterocycles. The van der Waals surface area contributed by atoms with Crippen LogP contribution in [0.25, 0.3) is 33.4 Å². The number of likely N-dealkylation sites (tertiary alicyclic amines) is 2. The van der Waals surface area contributed by atoms with Crippen LogP contribution in [0.5, 0.6) is 0 Å². The van der Waals surface area contributed by atoms with Crippen LogP contribution in [0.1, 0.15) is 109 Å². The molecular formula is C58H78F2N10O7. The van der Waals surface area contributed by atoms with Gasteiger partial charge < -0.3 is 39.0 Å². The number of carbonyl (C=O) groups excluding carboxylic acids is 5. The number of nitrogens with one attached hydrogen (secondary N) is 2. The molecular weight excluding hydrogens is 987 g/mol. The van der Waals surface area contributed by atoms with Crippen molar-refractivity contribution in [2.75, 3.05) is 74.1 Å². The number of pyridine rings is 2. The van der Waals surface area contributed by atoms with Crippen molar-refractivity contribution in [3.8, 4) is 22.5 Å². The van der Waals surface area contributed by atoms with Gasteiger partial charge in [-0.15, -0.1) is 0 Å². The van der Waals surface area contributed by atoms with E-state index in [1.54, 1.807) is 31.3 Å². The summed E-state index contributed by atoms with van der Waals surface area (Å²) in [5.74, 6) is -2.17. The fraction of sp³-hybridized carbons (Fsp3) is 0.569. The third kappa shape index (κ3) is 12.5.